The zero-order valence-electron chi connectivity index (χ0n) is 19.1. The molecule has 34 heavy (non-hydrogen) atoms. The first kappa shape index (κ1) is 22.0. The van der Waals surface area contributed by atoms with Crippen LogP contribution in [0, 0.1) is 20.8 Å². The van der Waals surface area contributed by atoms with E-state index in [-0.39, 0.29) is 22.8 Å². The van der Waals surface area contributed by atoms with Gasteiger partial charge in [0.15, 0.2) is 5.16 Å². The Balaban J connectivity index is 1.54. The second-order valence-electron chi connectivity index (χ2n) is 8.30. The molecule has 0 fully saturated rings. The Morgan fingerprint density at radius 3 is 2.50 bits per heavy atom. The van der Waals surface area contributed by atoms with Crippen LogP contribution in [0.1, 0.15) is 16.7 Å². The van der Waals surface area contributed by atoms with Crippen LogP contribution in [0.3, 0.4) is 0 Å². The molecule has 7 heteroatoms. The fraction of sp³-hybridized carbons (Fsp3) is 0.148. The Morgan fingerprint density at radius 2 is 1.74 bits per heavy atom. The first-order valence-corrected chi connectivity index (χ1v) is 11.9. The topological polar surface area (TPSA) is 77.1 Å². The Hall–Kier alpha value is -3.84. The van der Waals surface area contributed by atoms with Crippen LogP contribution in [0.4, 0.5) is 5.69 Å². The SMILES string of the molecule is Cc1ccc(-n2c(SCC(=O)Nc3ccc(C)cc3C)nc3c(oc4ccccc43)c2=O)cc1. The number of para-hydroxylation sites is 1. The molecule has 1 amide bonds. The van der Waals surface area contributed by atoms with Gasteiger partial charge in [-0.15, -0.1) is 0 Å². The third-order valence-corrected chi connectivity index (χ3v) is 6.58. The van der Waals surface area contributed by atoms with E-state index < -0.39 is 0 Å². The number of fused-ring (bicyclic) bond motifs is 3. The number of aromatic nitrogens is 2. The largest absolute Gasteiger partial charge is 0.448 e. The molecule has 0 saturated carbocycles. The third-order valence-electron chi connectivity index (χ3n) is 5.65. The number of carbonyl (C=O) groups excluding carboxylic acids is 1. The summed E-state index contributed by atoms with van der Waals surface area (Å²) in [6.07, 6.45) is 0. The lowest BCUT2D eigenvalue weighted by atomic mass is 10.1. The molecule has 5 aromatic rings. The summed E-state index contributed by atoms with van der Waals surface area (Å²) in [6.45, 7) is 5.96. The summed E-state index contributed by atoms with van der Waals surface area (Å²) < 4.78 is 7.38. The number of nitrogens with one attached hydrogen (secondary N) is 1. The molecule has 2 heterocycles. The number of thioether (sulfide) groups is 1. The molecule has 5 rings (SSSR count). The molecule has 0 aliphatic heterocycles. The van der Waals surface area contributed by atoms with Gasteiger partial charge in [0, 0.05) is 11.1 Å². The number of carbonyl (C=O) groups is 1. The average Bonchev–Trinajstić information content (AvgIpc) is 3.20. The van der Waals surface area contributed by atoms with Crippen molar-refractivity contribution in [2.45, 2.75) is 25.9 Å². The number of aryl methyl sites for hydroxylation is 3. The van der Waals surface area contributed by atoms with Gasteiger partial charge in [0.25, 0.3) is 0 Å². The molecule has 0 aliphatic rings. The van der Waals surface area contributed by atoms with E-state index in [1.54, 1.807) is 0 Å². The molecule has 3 aromatic carbocycles. The lowest BCUT2D eigenvalue weighted by Gasteiger charge is -2.13. The highest BCUT2D eigenvalue weighted by Crippen LogP contribution is 2.29. The van der Waals surface area contributed by atoms with Crippen LogP contribution in [0.5, 0.6) is 0 Å². The summed E-state index contributed by atoms with van der Waals surface area (Å²) >= 11 is 1.22. The van der Waals surface area contributed by atoms with Gasteiger partial charge in [0.1, 0.15) is 11.1 Å². The summed E-state index contributed by atoms with van der Waals surface area (Å²) in [5.41, 5.74) is 5.66. The van der Waals surface area contributed by atoms with Gasteiger partial charge >= 0.3 is 5.56 Å². The minimum atomic E-state index is -0.303. The maximum atomic E-state index is 13.5. The number of furan rings is 1. The van der Waals surface area contributed by atoms with Crippen molar-refractivity contribution >= 4 is 45.4 Å². The van der Waals surface area contributed by atoms with Crippen LogP contribution in [0.2, 0.25) is 0 Å². The summed E-state index contributed by atoms with van der Waals surface area (Å²) in [5.74, 6) is -0.0637. The molecule has 2 aromatic heterocycles. The van der Waals surface area contributed by atoms with Crippen molar-refractivity contribution in [3.63, 3.8) is 0 Å². The van der Waals surface area contributed by atoms with Gasteiger partial charge < -0.3 is 9.73 Å². The minimum absolute atomic E-state index is 0.104. The Morgan fingerprint density at radius 1 is 1.00 bits per heavy atom. The average molecular weight is 470 g/mol. The molecule has 0 spiro atoms. The Kier molecular flexibility index (Phi) is 5.71. The van der Waals surface area contributed by atoms with Gasteiger partial charge in [-0.3, -0.25) is 14.2 Å². The van der Waals surface area contributed by atoms with E-state index in [1.165, 1.54) is 16.3 Å². The lowest BCUT2D eigenvalue weighted by Crippen LogP contribution is -2.22. The lowest BCUT2D eigenvalue weighted by molar-refractivity contribution is -0.113. The van der Waals surface area contributed by atoms with Gasteiger partial charge in [0.05, 0.1) is 11.4 Å². The number of nitrogens with zero attached hydrogens (tertiary/aromatic N) is 2. The molecule has 0 bridgehead atoms. The Bertz CT molecular complexity index is 1600. The van der Waals surface area contributed by atoms with Gasteiger partial charge in [-0.05, 0) is 56.7 Å². The molecule has 170 valence electrons. The quantitative estimate of drug-likeness (QED) is 0.260. The molecule has 0 radical (unpaired) electrons. The molecular formula is C27H23N3O3S. The van der Waals surface area contributed by atoms with E-state index in [2.05, 4.69) is 5.32 Å². The van der Waals surface area contributed by atoms with E-state index in [1.807, 2.05) is 87.5 Å². The fourth-order valence-corrected chi connectivity index (χ4v) is 4.72. The van der Waals surface area contributed by atoms with Crippen LogP contribution in [0.25, 0.3) is 27.8 Å². The van der Waals surface area contributed by atoms with Crippen molar-refractivity contribution in [1.29, 1.82) is 0 Å². The summed E-state index contributed by atoms with van der Waals surface area (Å²) in [6, 6.07) is 20.9. The van der Waals surface area contributed by atoms with Crippen LogP contribution < -0.4 is 10.9 Å². The van der Waals surface area contributed by atoms with Gasteiger partial charge in [-0.2, -0.15) is 0 Å². The van der Waals surface area contributed by atoms with Crippen molar-refractivity contribution < 1.29 is 9.21 Å². The molecule has 0 saturated heterocycles. The van der Waals surface area contributed by atoms with Gasteiger partial charge in [-0.1, -0.05) is 59.3 Å². The van der Waals surface area contributed by atoms with Crippen LogP contribution in [0.15, 0.2) is 81.1 Å². The second-order valence-corrected chi connectivity index (χ2v) is 9.24. The summed E-state index contributed by atoms with van der Waals surface area (Å²) in [5, 5.41) is 4.16. The van der Waals surface area contributed by atoms with Crippen molar-refractivity contribution in [2.75, 3.05) is 11.1 Å². The first-order valence-electron chi connectivity index (χ1n) is 10.9. The van der Waals surface area contributed by atoms with Crippen LogP contribution in [-0.4, -0.2) is 21.2 Å². The number of hydrogen-bond donors (Lipinski definition) is 1. The second kappa shape index (κ2) is 8.83. The minimum Gasteiger partial charge on any atom is -0.448 e. The number of benzene rings is 3. The monoisotopic (exact) mass is 469 g/mol. The number of rotatable bonds is 5. The fourth-order valence-electron chi connectivity index (χ4n) is 3.91. The molecular weight excluding hydrogens is 446 g/mol. The molecule has 0 atom stereocenters. The van der Waals surface area contributed by atoms with E-state index in [4.69, 9.17) is 9.40 Å². The number of hydrogen-bond acceptors (Lipinski definition) is 5. The van der Waals surface area contributed by atoms with E-state index >= 15 is 0 Å². The highest BCUT2D eigenvalue weighted by molar-refractivity contribution is 7.99. The molecule has 1 N–H and O–H groups in total. The normalized spacial score (nSPS) is 11.3. The molecule has 6 nitrogen and oxygen atoms in total. The maximum Gasteiger partial charge on any atom is 0.302 e. The van der Waals surface area contributed by atoms with Crippen LogP contribution in [-0.2, 0) is 4.79 Å². The predicted molar refractivity (Wildman–Crippen MR) is 137 cm³/mol. The molecule has 0 unspecified atom stereocenters. The van der Waals surface area contributed by atoms with Crippen molar-refractivity contribution in [1.82, 2.24) is 9.55 Å². The van der Waals surface area contributed by atoms with Crippen molar-refractivity contribution in [3.8, 4) is 5.69 Å². The number of amides is 1. The standard InChI is InChI=1S/C27H23N3O3S/c1-16-8-11-19(12-9-16)30-26(32)25-24(20-6-4-5-7-22(20)33-25)29-27(30)34-15-23(31)28-21-13-10-17(2)14-18(21)3/h4-14H,15H2,1-3H3,(H,28,31). The van der Waals surface area contributed by atoms with Crippen LogP contribution >= 0.6 is 11.8 Å². The smallest absolute Gasteiger partial charge is 0.302 e. The molecule has 0 aliphatic carbocycles. The van der Waals surface area contributed by atoms with Crippen molar-refractivity contribution in [3.05, 3.63) is 93.8 Å². The highest BCUT2D eigenvalue weighted by Gasteiger charge is 2.20. The van der Waals surface area contributed by atoms with E-state index in [9.17, 15) is 9.59 Å². The van der Waals surface area contributed by atoms with Gasteiger partial charge in [-0.25, -0.2) is 4.98 Å². The highest BCUT2D eigenvalue weighted by atomic mass is 32.2. The first-order chi connectivity index (χ1) is 16.4. The summed E-state index contributed by atoms with van der Waals surface area (Å²) in [4.78, 5) is 31.1. The van der Waals surface area contributed by atoms with Crippen molar-refractivity contribution in [2.24, 2.45) is 0 Å². The predicted octanol–water partition coefficient (Wildman–Crippen LogP) is 5.79. The number of anilines is 1. The van der Waals surface area contributed by atoms with E-state index in [0.717, 1.165) is 27.8 Å². The zero-order chi connectivity index (χ0) is 23.8. The Labute approximate surface area is 200 Å². The van der Waals surface area contributed by atoms with E-state index in [0.29, 0.717) is 21.9 Å². The summed E-state index contributed by atoms with van der Waals surface area (Å²) in [7, 11) is 0. The van der Waals surface area contributed by atoms with Gasteiger partial charge in [0.2, 0.25) is 11.5 Å². The third kappa shape index (κ3) is 4.10. The zero-order valence-corrected chi connectivity index (χ0v) is 19.9. The maximum absolute atomic E-state index is 13.5.